The molecule has 0 unspecified atom stereocenters. The number of nitrogens with zero attached hydrogens (tertiary/aromatic N) is 1. The average molecular weight is 330 g/mol. The van der Waals surface area contributed by atoms with Crippen LogP contribution in [-0.2, 0) is 14.8 Å². The van der Waals surface area contributed by atoms with E-state index in [1.54, 1.807) is 0 Å². The second-order valence-electron chi connectivity index (χ2n) is 5.81. The zero-order valence-electron chi connectivity index (χ0n) is 11.8. The highest BCUT2D eigenvalue weighted by Gasteiger charge is 2.43. The molecule has 5 nitrogen and oxygen atoms in total. The fourth-order valence-electron chi connectivity index (χ4n) is 3.13. The second-order valence-corrected chi connectivity index (χ2v) is 7.71. The van der Waals surface area contributed by atoms with Gasteiger partial charge in [0.1, 0.15) is 16.5 Å². The number of carbonyl (C=O) groups is 1. The molecule has 2 aliphatic rings. The molecule has 0 aliphatic carbocycles. The number of nitrogens with one attached hydrogen (secondary N) is 1. The molecule has 0 atom stereocenters. The molecule has 0 saturated carbocycles. The van der Waals surface area contributed by atoms with E-state index in [1.807, 2.05) is 0 Å². The summed E-state index contributed by atoms with van der Waals surface area (Å²) >= 11 is 0. The van der Waals surface area contributed by atoms with Crippen molar-refractivity contribution in [1.82, 2.24) is 9.62 Å². The number of piperidine rings is 1. The Morgan fingerprint density at radius 1 is 1.14 bits per heavy atom. The van der Waals surface area contributed by atoms with Crippen molar-refractivity contribution in [1.29, 1.82) is 0 Å². The summed E-state index contributed by atoms with van der Waals surface area (Å²) in [6, 6.07) is 2.44. The third kappa shape index (κ3) is 2.61. The molecule has 1 aromatic carbocycles. The lowest BCUT2D eigenvalue weighted by atomic mass is 9.87. The molecule has 1 N–H and O–H groups in total. The number of hydrogen-bond donors (Lipinski definition) is 1. The third-order valence-electron chi connectivity index (χ3n) is 4.43. The third-order valence-corrected chi connectivity index (χ3v) is 6.36. The summed E-state index contributed by atoms with van der Waals surface area (Å²) in [6.45, 7) is 0.416. The van der Waals surface area contributed by atoms with Crippen LogP contribution >= 0.6 is 0 Å². The van der Waals surface area contributed by atoms with Gasteiger partial charge in [-0.3, -0.25) is 4.79 Å². The predicted molar refractivity (Wildman–Crippen MR) is 74.5 cm³/mol. The smallest absolute Gasteiger partial charge is 0.245 e. The van der Waals surface area contributed by atoms with Gasteiger partial charge in [-0.25, -0.2) is 17.2 Å². The minimum Gasteiger partial charge on any atom is -0.351 e. The highest BCUT2D eigenvalue weighted by Crippen LogP contribution is 2.33. The number of benzene rings is 1. The van der Waals surface area contributed by atoms with Crippen LogP contribution in [0, 0.1) is 11.6 Å². The number of amides is 1. The Labute approximate surface area is 127 Å². The standard InChI is InChI=1S/C14H16F2N2O3S/c15-10-1-2-12(11(16)9-10)22(20,21)18-7-5-14(6-8-18)4-3-13(19)17-14/h1-2,9H,3-8H2,(H,17,19). The van der Waals surface area contributed by atoms with E-state index in [2.05, 4.69) is 5.32 Å². The Kier molecular flexibility index (Phi) is 3.68. The maximum Gasteiger partial charge on any atom is 0.245 e. The molecule has 2 heterocycles. The van der Waals surface area contributed by atoms with Crippen LogP contribution in [0.5, 0.6) is 0 Å². The van der Waals surface area contributed by atoms with Gasteiger partial charge >= 0.3 is 0 Å². The molecular weight excluding hydrogens is 314 g/mol. The first kappa shape index (κ1) is 15.4. The van der Waals surface area contributed by atoms with Gasteiger partial charge in [0.05, 0.1) is 0 Å². The zero-order valence-corrected chi connectivity index (χ0v) is 12.6. The van der Waals surface area contributed by atoms with Crippen molar-refractivity contribution in [2.24, 2.45) is 0 Å². The first-order valence-corrected chi connectivity index (χ1v) is 8.53. The van der Waals surface area contributed by atoms with E-state index < -0.39 is 26.6 Å². The van der Waals surface area contributed by atoms with E-state index in [-0.39, 0.29) is 24.5 Å². The number of hydrogen-bond acceptors (Lipinski definition) is 3. The van der Waals surface area contributed by atoms with Gasteiger partial charge in [-0.05, 0) is 31.4 Å². The van der Waals surface area contributed by atoms with E-state index in [1.165, 1.54) is 4.31 Å². The van der Waals surface area contributed by atoms with Crippen molar-refractivity contribution in [3.05, 3.63) is 29.8 Å². The lowest BCUT2D eigenvalue weighted by Crippen LogP contribution is -2.52. The van der Waals surface area contributed by atoms with Gasteiger partial charge in [0.15, 0.2) is 0 Å². The number of sulfonamides is 1. The van der Waals surface area contributed by atoms with Crippen molar-refractivity contribution < 1.29 is 22.0 Å². The van der Waals surface area contributed by atoms with Gasteiger partial charge in [-0.1, -0.05) is 0 Å². The molecule has 22 heavy (non-hydrogen) atoms. The van der Waals surface area contributed by atoms with Gasteiger partial charge in [0.25, 0.3) is 0 Å². The van der Waals surface area contributed by atoms with E-state index in [4.69, 9.17) is 0 Å². The van der Waals surface area contributed by atoms with E-state index >= 15 is 0 Å². The molecule has 2 fully saturated rings. The summed E-state index contributed by atoms with van der Waals surface area (Å²) in [5, 5.41) is 2.92. The molecular formula is C14H16F2N2O3S. The molecule has 0 aromatic heterocycles. The summed E-state index contributed by atoms with van der Waals surface area (Å²) < 4.78 is 52.8. The zero-order chi connectivity index (χ0) is 16.0. The predicted octanol–water partition coefficient (Wildman–Crippen LogP) is 1.40. The maximum atomic E-state index is 13.7. The van der Waals surface area contributed by atoms with Crippen LogP contribution in [0.25, 0.3) is 0 Å². The molecule has 1 amide bonds. The SMILES string of the molecule is O=C1CCC2(CCN(S(=O)(=O)c3ccc(F)cc3F)CC2)N1. The second kappa shape index (κ2) is 5.27. The molecule has 0 bridgehead atoms. The molecule has 8 heteroatoms. The van der Waals surface area contributed by atoms with Crippen molar-refractivity contribution in [3.8, 4) is 0 Å². The van der Waals surface area contributed by atoms with Gasteiger partial charge in [-0.15, -0.1) is 0 Å². The lowest BCUT2D eigenvalue weighted by molar-refractivity contribution is -0.120. The minimum absolute atomic E-state index is 0.0131. The van der Waals surface area contributed by atoms with Crippen LogP contribution in [-0.4, -0.2) is 37.3 Å². The Hall–Kier alpha value is -1.54. The van der Waals surface area contributed by atoms with Gasteiger partial charge < -0.3 is 5.32 Å². The van der Waals surface area contributed by atoms with Crippen LogP contribution in [0.3, 0.4) is 0 Å². The van der Waals surface area contributed by atoms with Crippen LogP contribution in [0.1, 0.15) is 25.7 Å². The van der Waals surface area contributed by atoms with Gasteiger partial charge in [0, 0.05) is 31.1 Å². The molecule has 1 spiro atoms. The monoisotopic (exact) mass is 330 g/mol. The summed E-state index contributed by atoms with van der Waals surface area (Å²) in [5.74, 6) is -1.92. The van der Waals surface area contributed by atoms with E-state index in [0.717, 1.165) is 12.1 Å². The largest absolute Gasteiger partial charge is 0.351 e. The van der Waals surface area contributed by atoms with Crippen LogP contribution < -0.4 is 5.32 Å². The van der Waals surface area contributed by atoms with E-state index in [0.29, 0.717) is 31.7 Å². The normalized spacial score (nSPS) is 22.0. The molecule has 2 aliphatic heterocycles. The first-order valence-electron chi connectivity index (χ1n) is 7.09. The molecule has 1 aromatic rings. The fourth-order valence-corrected chi connectivity index (χ4v) is 4.61. The van der Waals surface area contributed by atoms with Crippen LogP contribution in [0.4, 0.5) is 8.78 Å². The quantitative estimate of drug-likeness (QED) is 0.891. The first-order chi connectivity index (χ1) is 10.3. The van der Waals surface area contributed by atoms with Crippen LogP contribution in [0.15, 0.2) is 23.1 Å². The Bertz CT molecular complexity index is 713. The number of carbonyl (C=O) groups excluding carboxylic acids is 1. The minimum atomic E-state index is -3.99. The van der Waals surface area contributed by atoms with Crippen molar-refractivity contribution in [2.45, 2.75) is 36.1 Å². The van der Waals surface area contributed by atoms with Crippen molar-refractivity contribution in [3.63, 3.8) is 0 Å². The topological polar surface area (TPSA) is 66.5 Å². The molecule has 0 radical (unpaired) electrons. The summed E-state index contributed by atoms with van der Waals surface area (Å²) in [7, 11) is -3.99. The lowest BCUT2D eigenvalue weighted by Gasteiger charge is -2.38. The molecule has 3 rings (SSSR count). The van der Waals surface area contributed by atoms with E-state index in [9.17, 15) is 22.0 Å². The summed E-state index contributed by atoms with van der Waals surface area (Å²) in [4.78, 5) is 10.9. The molecule has 120 valence electrons. The van der Waals surface area contributed by atoms with Crippen molar-refractivity contribution >= 4 is 15.9 Å². The Balaban J connectivity index is 1.79. The number of rotatable bonds is 2. The Morgan fingerprint density at radius 3 is 2.36 bits per heavy atom. The summed E-state index contributed by atoms with van der Waals surface area (Å²) in [6.07, 6.45) is 2.16. The van der Waals surface area contributed by atoms with Gasteiger partial charge in [-0.2, -0.15) is 4.31 Å². The van der Waals surface area contributed by atoms with Gasteiger partial charge in [0.2, 0.25) is 15.9 Å². The van der Waals surface area contributed by atoms with Crippen molar-refractivity contribution in [2.75, 3.05) is 13.1 Å². The maximum absolute atomic E-state index is 13.7. The highest BCUT2D eigenvalue weighted by molar-refractivity contribution is 7.89. The summed E-state index contributed by atoms with van der Waals surface area (Å²) in [5.41, 5.74) is -0.329. The van der Waals surface area contributed by atoms with Crippen LogP contribution in [0.2, 0.25) is 0 Å². The highest BCUT2D eigenvalue weighted by atomic mass is 32.2. The fraction of sp³-hybridized carbons (Fsp3) is 0.500. The molecule has 2 saturated heterocycles. The Morgan fingerprint density at radius 2 is 1.82 bits per heavy atom. The number of halogens is 2. The average Bonchev–Trinajstić information content (AvgIpc) is 2.80.